The highest BCUT2D eigenvalue weighted by atomic mass is 19.1. The molecule has 0 spiro atoms. The summed E-state index contributed by atoms with van der Waals surface area (Å²) in [5, 5.41) is 3.76. The number of amides is 1. The molecule has 22 heavy (non-hydrogen) atoms. The summed E-state index contributed by atoms with van der Waals surface area (Å²) < 4.78 is 13.5. The van der Waals surface area contributed by atoms with Gasteiger partial charge in [-0.05, 0) is 30.2 Å². The van der Waals surface area contributed by atoms with Gasteiger partial charge >= 0.3 is 0 Å². The van der Waals surface area contributed by atoms with Crippen molar-refractivity contribution < 1.29 is 9.18 Å². The van der Waals surface area contributed by atoms with Crippen LogP contribution in [0.2, 0.25) is 0 Å². The monoisotopic (exact) mass is 294 g/mol. The van der Waals surface area contributed by atoms with Gasteiger partial charge < -0.3 is 5.32 Å². The fourth-order valence-electron chi connectivity index (χ4n) is 2.29. The first-order valence-electron chi connectivity index (χ1n) is 7.11. The van der Waals surface area contributed by atoms with E-state index in [1.165, 1.54) is 6.07 Å². The molecule has 1 amide bonds. The largest absolute Gasteiger partial charge is 0.350 e. The first kappa shape index (κ1) is 14.2. The van der Waals surface area contributed by atoms with E-state index in [1.54, 1.807) is 24.3 Å². The average molecular weight is 294 g/mol. The zero-order valence-electron chi connectivity index (χ0n) is 11.9. The molecule has 3 nitrogen and oxygen atoms in total. The molecule has 0 bridgehead atoms. The molecule has 0 aliphatic heterocycles. The predicted octanol–water partition coefficient (Wildman–Crippen LogP) is 3.35. The molecule has 110 valence electrons. The van der Waals surface area contributed by atoms with Gasteiger partial charge in [0.2, 0.25) is 0 Å². The van der Waals surface area contributed by atoms with E-state index in [-0.39, 0.29) is 11.7 Å². The van der Waals surface area contributed by atoms with Crippen LogP contribution in [0.5, 0.6) is 0 Å². The second-order valence-corrected chi connectivity index (χ2v) is 4.99. The Morgan fingerprint density at radius 2 is 1.77 bits per heavy atom. The lowest BCUT2D eigenvalue weighted by Crippen LogP contribution is -2.26. The van der Waals surface area contributed by atoms with Crippen molar-refractivity contribution in [1.29, 1.82) is 0 Å². The molecule has 1 aromatic heterocycles. The molecule has 2 aromatic carbocycles. The maximum absolute atomic E-state index is 13.5. The van der Waals surface area contributed by atoms with Crippen molar-refractivity contribution in [1.82, 2.24) is 10.3 Å². The lowest BCUT2D eigenvalue weighted by atomic mass is 10.1. The number of pyridine rings is 1. The van der Waals surface area contributed by atoms with Crippen molar-refractivity contribution in [2.24, 2.45) is 0 Å². The highest BCUT2D eigenvalue weighted by molar-refractivity contribution is 5.94. The van der Waals surface area contributed by atoms with E-state index in [4.69, 9.17) is 0 Å². The molecule has 0 fully saturated rings. The van der Waals surface area contributed by atoms with Crippen molar-refractivity contribution in [3.63, 3.8) is 0 Å². The SMILES string of the molecule is O=C(NCCc1ccccc1F)c1ccc2ccccc2n1. The van der Waals surface area contributed by atoms with Crippen molar-refractivity contribution in [3.8, 4) is 0 Å². The van der Waals surface area contributed by atoms with Gasteiger partial charge in [-0.25, -0.2) is 9.37 Å². The van der Waals surface area contributed by atoms with Crippen LogP contribution in [0, 0.1) is 5.82 Å². The maximum atomic E-state index is 13.5. The van der Waals surface area contributed by atoms with Crippen molar-refractivity contribution >= 4 is 16.8 Å². The molecule has 0 aliphatic carbocycles. The topological polar surface area (TPSA) is 42.0 Å². The minimum Gasteiger partial charge on any atom is -0.350 e. The van der Waals surface area contributed by atoms with E-state index in [1.807, 2.05) is 30.3 Å². The number of fused-ring (bicyclic) bond motifs is 1. The van der Waals surface area contributed by atoms with E-state index in [9.17, 15) is 9.18 Å². The van der Waals surface area contributed by atoms with Crippen molar-refractivity contribution in [2.45, 2.75) is 6.42 Å². The van der Waals surface area contributed by atoms with Crippen LogP contribution < -0.4 is 5.32 Å². The molecular weight excluding hydrogens is 279 g/mol. The normalized spacial score (nSPS) is 10.6. The van der Waals surface area contributed by atoms with E-state index >= 15 is 0 Å². The summed E-state index contributed by atoms with van der Waals surface area (Å²) in [7, 11) is 0. The second kappa shape index (κ2) is 6.35. The molecule has 1 heterocycles. The van der Waals surface area contributed by atoms with Gasteiger partial charge in [0.25, 0.3) is 5.91 Å². The molecule has 1 N–H and O–H groups in total. The summed E-state index contributed by atoms with van der Waals surface area (Å²) in [4.78, 5) is 16.4. The summed E-state index contributed by atoms with van der Waals surface area (Å²) in [6.45, 7) is 0.369. The maximum Gasteiger partial charge on any atom is 0.269 e. The third kappa shape index (κ3) is 3.11. The molecule has 4 heteroatoms. The minimum absolute atomic E-state index is 0.248. The molecule has 0 unspecified atom stereocenters. The van der Waals surface area contributed by atoms with Gasteiger partial charge in [0, 0.05) is 11.9 Å². The number of halogens is 1. The van der Waals surface area contributed by atoms with E-state index in [0.717, 1.165) is 10.9 Å². The Balaban J connectivity index is 1.65. The first-order chi connectivity index (χ1) is 10.7. The standard InChI is InChI=1S/C18H15FN2O/c19-15-7-3-1-5-13(15)11-12-20-18(22)17-10-9-14-6-2-4-8-16(14)21-17/h1-10H,11-12H2,(H,20,22). The summed E-state index contributed by atoms with van der Waals surface area (Å²) in [5.74, 6) is -0.498. The van der Waals surface area contributed by atoms with Gasteiger partial charge in [-0.1, -0.05) is 42.5 Å². The van der Waals surface area contributed by atoms with Crippen LogP contribution in [-0.2, 0) is 6.42 Å². The molecule has 0 saturated heterocycles. The fourth-order valence-corrected chi connectivity index (χ4v) is 2.29. The van der Waals surface area contributed by atoms with Gasteiger partial charge in [-0.2, -0.15) is 0 Å². The molecule has 0 radical (unpaired) electrons. The quantitative estimate of drug-likeness (QED) is 0.802. The molecule has 0 aliphatic rings. The Morgan fingerprint density at radius 1 is 1.00 bits per heavy atom. The lowest BCUT2D eigenvalue weighted by Gasteiger charge is -2.06. The van der Waals surface area contributed by atoms with Crippen molar-refractivity contribution in [3.05, 3.63) is 77.7 Å². The number of rotatable bonds is 4. The third-order valence-electron chi connectivity index (χ3n) is 3.47. The molecular formula is C18H15FN2O. The number of hydrogen-bond donors (Lipinski definition) is 1. The Morgan fingerprint density at radius 3 is 2.64 bits per heavy atom. The fraction of sp³-hybridized carbons (Fsp3) is 0.111. The van der Waals surface area contributed by atoms with E-state index in [0.29, 0.717) is 24.2 Å². The highest BCUT2D eigenvalue weighted by Crippen LogP contribution is 2.12. The molecule has 0 atom stereocenters. The number of carbonyl (C=O) groups is 1. The predicted molar refractivity (Wildman–Crippen MR) is 84.2 cm³/mol. The van der Waals surface area contributed by atoms with Crippen LogP contribution in [0.25, 0.3) is 10.9 Å². The van der Waals surface area contributed by atoms with Crippen LogP contribution >= 0.6 is 0 Å². The van der Waals surface area contributed by atoms with Crippen LogP contribution in [0.4, 0.5) is 4.39 Å². The van der Waals surface area contributed by atoms with Crippen molar-refractivity contribution in [2.75, 3.05) is 6.54 Å². The third-order valence-corrected chi connectivity index (χ3v) is 3.47. The summed E-state index contributed by atoms with van der Waals surface area (Å²) in [6.07, 6.45) is 0.450. The Hall–Kier alpha value is -2.75. The number of nitrogens with zero attached hydrogens (tertiary/aromatic N) is 1. The Labute approximate surface area is 127 Å². The summed E-state index contributed by atoms with van der Waals surface area (Å²) in [6, 6.07) is 17.8. The number of hydrogen-bond acceptors (Lipinski definition) is 2. The van der Waals surface area contributed by atoms with Gasteiger partial charge in [0.1, 0.15) is 11.5 Å². The Bertz CT molecular complexity index is 817. The van der Waals surface area contributed by atoms with Crippen LogP contribution in [0.15, 0.2) is 60.7 Å². The zero-order chi connectivity index (χ0) is 15.4. The zero-order valence-corrected chi connectivity index (χ0v) is 11.9. The Kier molecular flexibility index (Phi) is 4.10. The molecule has 3 aromatic rings. The van der Waals surface area contributed by atoms with Gasteiger partial charge in [0.15, 0.2) is 0 Å². The number of para-hydroxylation sites is 1. The second-order valence-electron chi connectivity index (χ2n) is 4.99. The smallest absolute Gasteiger partial charge is 0.269 e. The van der Waals surface area contributed by atoms with E-state index < -0.39 is 0 Å². The number of carbonyl (C=O) groups excluding carboxylic acids is 1. The summed E-state index contributed by atoms with van der Waals surface area (Å²) in [5.41, 5.74) is 1.74. The average Bonchev–Trinajstić information content (AvgIpc) is 2.56. The van der Waals surface area contributed by atoms with E-state index in [2.05, 4.69) is 10.3 Å². The van der Waals surface area contributed by atoms with Gasteiger partial charge in [-0.3, -0.25) is 4.79 Å². The number of aromatic nitrogens is 1. The van der Waals surface area contributed by atoms with Crippen LogP contribution in [0.1, 0.15) is 16.1 Å². The number of nitrogens with one attached hydrogen (secondary N) is 1. The lowest BCUT2D eigenvalue weighted by molar-refractivity contribution is 0.0949. The van der Waals surface area contributed by atoms with Crippen LogP contribution in [-0.4, -0.2) is 17.4 Å². The highest BCUT2D eigenvalue weighted by Gasteiger charge is 2.08. The van der Waals surface area contributed by atoms with Crippen LogP contribution in [0.3, 0.4) is 0 Å². The molecule has 3 rings (SSSR count). The molecule has 0 saturated carbocycles. The van der Waals surface area contributed by atoms with Gasteiger partial charge in [0.05, 0.1) is 5.52 Å². The first-order valence-corrected chi connectivity index (χ1v) is 7.11. The minimum atomic E-state index is -0.249. The number of benzene rings is 2. The van der Waals surface area contributed by atoms with Gasteiger partial charge in [-0.15, -0.1) is 0 Å². The summed E-state index contributed by atoms with van der Waals surface area (Å²) >= 11 is 0.